The van der Waals surface area contributed by atoms with Crippen molar-refractivity contribution in [1.82, 2.24) is 10.6 Å². The Morgan fingerprint density at radius 1 is 1.08 bits per heavy atom. The third-order valence-electron chi connectivity index (χ3n) is 3.78. The Balaban J connectivity index is 1.96. The molecule has 24 heavy (non-hydrogen) atoms. The number of amides is 2. The maximum absolute atomic E-state index is 12.2. The summed E-state index contributed by atoms with van der Waals surface area (Å²) in [5.41, 5.74) is 2.64. The zero-order chi connectivity index (χ0) is 17.2. The molecule has 124 valence electrons. The number of hydrogen-bond acceptors (Lipinski definition) is 3. The number of nitrogens with one attached hydrogen (secondary N) is 2. The number of hydrogen-bond donors (Lipinski definition) is 3. The molecule has 2 aromatic rings. The van der Waals surface area contributed by atoms with E-state index in [9.17, 15) is 9.90 Å². The molecule has 1 unspecified atom stereocenters. The smallest absolute Gasteiger partial charge is 0.315 e. The molecule has 2 amide bonds. The van der Waals surface area contributed by atoms with Crippen LogP contribution in [-0.4, -0.2) is 11.1 Å². The lowest BCUT2D eigenvalue weighted by molar-refractivity contribution is 0.235. The van der Waals surface area contributed by atoms with Crippen LogP contribution < -0.4 is 10.6 Å². The van der Waals surface area contributed by atoms with Gasteiger partial charge >= 0.3 is 6.03 Å². The molecule has 5 nitrogen and oxygen atoms in total. The highest BCUT2D eigenvalue weighted by molar-refractivity contribution is 5.74. The average Bonchev–Trinajstić information content (AvgIpc) is 2.64. The molecule has 0 fully saturated rings. The van der Waals surface area contributed by atoms with Gasteiger partial charge in [-0.05, 0) is 23.1 Å². The molecule has 0 aliphatic heterocycles. The van der Waals surface area contributed by atoms with Crippen LogP contribution in [0.15, 0.2) is 54.6 Å². The fourth-order valence-corrected chi connectivity index (χ4v) is 2.49. The van der Waals surface area contributed by atoms with E-state index in [1.807, 2.05) is 54.6 Å². The topological polar surface area (TPSA) is 85.2 Å². The number of benzene rings is 2. The van der Waals surface area contributed by atoms with E-state index in [1.54, 1.807) is 0 Å². The highest BCUT2D eigenvalue weighted by atomic mass is 16.3. The monoisotopic (exact) mass is 323 g/mol. The van der Waals surface area contributed by atoms with Crippen LogP contribution in [0.25, 0.3) is 0 Å². The largest absolute Gasteiger partial charge is 0.392 e. The average molecular weight is 323 g/mol. The van der Waals surface area contributed by atoms with Crippen LogP contribution in [0.5, 0.6) is 0 Å². The lowest BCUT2D eigenvalue weighted by atomic mass is 10.0. The molecule has 5 heteroatoms. The lowest BCUT2D eigenvalue weighted by Gasteiger charge is -2.19. The second-order valence-corrected chi connectivity index (χ2v) is 5.41. The van der Waals surface area contributed by atoms with Crippen molar-refractivity contribution >= 4 is 6.03 Å². The number of carbonyl (C=O) groups excluding carboxylic acids is 1. The fourth-order valence-electron chi connectivity index (χ4n) is 2.49. The summed E-state index contributed by atoms with van der Waals surface area (Å²) in [7, 11) is 0. The van der Waals surface area contributed by atoms with Crippen LogP contribution >= 0.6 is 0 Å². The van der Waals surface area contributed by atoms with Gasteiger partial charge in [-0.25, -0.2) is 4.79 Å². The number of aliphatic hydroxyl groups is 1. The zero-order valence-corrected chi connectivity index (χ0v) is 13.4. The summed E-state index contributed by atoms with van der Waals surface area (Å²) < 4.78 is 0. The second-order valence-electron chi connectivity index (χ2n) is 5.41. The number of rotatable bonds is 7. The van der Waals surface area contributed by atoms with Crippen molar-refractivity contribution < 1.29 is 9.90 Å². The number of urea groups is 1. The van der Waals surface area contributed by atoms with E-state index >= 15 is 0 Å². The van der Waals surface area contributed by atoms with Gasteiger partial charge in [0.05, 0.1) is 18.7 Å². The van der Waals surface area contributed by atoms with E-state index in [1.165, 1.54) is 0 Å². The summed E-state index contributed by atoms with van der Waals surface area (Å²) >= 11 is 0. The zero-order valence-electron chi connectivity index (χ0n) is 13.4. The molecule has 0 spiro atoms. The molecule has 0 saturated heterocycles. The highest BCUT2D eigenvalue weighted by Gasteiger charge is 2.14. The Hall–Kier alpha value is -2.84. The van der Waals surface area contributed by atoms with Gasteiger partial charge in [-0.2, -0.15) is 5.26 Å². The van der Waals surface area contributed by atoms with Crippen molar-refractivity contribution in [1.29, 1.82) is 5.26 Å². The Labute approximate surface area is 141 Å². The van der Waals surface area contributed by atoms with Crippen LogP contribution in [0.2, 0.25) is 0 Å². The number of nitrogens with zero attached hydrogens (tertiary/aromatic N) is 1. The van der Waals surface area contributed by atoms with Gasteiger partial charge in [-0.15, -0.1) is 0 Å². The van der Waals surface area contributed by atoms with E-state index in [0.29, 0.717) is 19.4 Å². The van der Waals surface area contributed by atoms with Crippen molar-refractivity contribution in [3.63, 3.8) is 0 Å². The van der Waals surface area contributed by atoms with Crippen molar-refractivity contribution in [3.8, 4) is 6.07 Å². The van der Waals surface area contributed by atoms with E-state index in [2.05, 4.69) is 16.7 Å². The second kappa shape index (κ2) is 9.33. The van der Waals surface area contributed by atoms with Gasteiger partial charge in [0.2, 0.25) is 0 Å². The predicted octanol–water partition coefficient (Wildman–Crippen LogP) is 3.02. The molecule has 0 bridgehead atoms. The third kappa shape index (κ3) is 5.11. The van der Waals surface area contributed by atoms with Gasteiger partial charge in [-0.3, -0.25) is 0 Å². The minimum atomic E-state index is -0.297. The normalized spacial score (nSPS) is 11.3. The van der Waals surface area contributed by atoms with E-state index in [0.717, 1.165) is 16.7 Å². The van der Waals surface area contributed by atoms with Gasteiger partial charge in [0.15, 0.2) is 0 Å². The molecule has 0 aliphatic carbocycles. The summed E-state index contributed by atoms with van der Waals surface area (Å²) in [4.78, 5) is 12.2. The van der Waals surface area contributed by atoms with Gasteiger partial charge in [0.25, 0.3) is 0 Å². The SMILES string of the molecule is N#CCCC(NC(=O)NCc1ccccc1CO)c1ccccc1. The standard InChI is InChI=1S/C19H21N3O2/c20-12-6-11-18(15-7-2-1-3-8-15)22-19(24)21-13-16-9-4-5-10-17(16)14-23/h1-5,7-10,18,23H,6,11,13-14H2,(H2,21,22,24). The van der Waals surface area contributed by atoms with E-state index < -0.39 is 0 Å². The van der Waals surface area contributed by atoms with Crippen LogP contribution in [0.4, 0.5) is 4.79 Å². The number of nitriles is 1. The van der Waals surface area contributed by atoms with Gasteiger partial charge in [0.1, 0.15) is 0 Å². The maximum atomic E-state index is 12.2. The summed E-state index contributed by atoms with van der Waals surface area (Å²) in [5, 5.41) is 23.8. The quantitative estimate of drug-likeness (QED) is 0.732. The van der Waals surface area contributed by atoms with Crippen LogP contribution in [0.3, 0.4) is 0 Å². The lowest BCUT2D eigenvalue weighted by Crippen LogP contribution is -2.37. The molecule has 3 N–H and O–H groups in total. The first-order valence-corrected chi connectivity index (χ1v) is 7.88. The molecular formula is C19H21N3O2. The molecule has 2 rings (SSSR count). The predicted molar refractivity (Wildman–Crippen MR) is 91.8 cm³/mol. The fraction of sp³-hybridized carbons (Fsp3) is 0.263. The number of aliphatic hydroxyl groups excluding tert-OH is 1. The first kappa shape index (κ1) is 17.5. The Morgan fingerprint density at radius 3 is 2.42 bits per heavy atom. The first-order valence-electron chi connectivity index (χ1n) is 7.88. The van der Waals surface area contributed by atoms with Gasteiger partial charge < -0.3 is 15.7 Å². The van der Waals surface area contributed by atoms with Crippen molar-refractivity contribution in [2.45, 2.75) is 32.0 Å². The summed E-state index contributed by atoms with van der Waals surface area (Å²) in [6.45, 7) is 0.274. The maximum Gasteiger partial charge on any atom is 0.315 e. The Bertz CT molecular complexity index is 695. The minimum absolute atomic E-state index is 0.0612. The molecule has 0 aliphatic rings. The Morgan fingerprint density at radius 2 is 1.75 bits per heavy atom. The molecule has 0 aromatic heterocycles. The van der Waals surface area contributed by atoms with Crippen molar-refractivity contribution in [2.24, 2.45) is 0 Å². The van der Waals surface area contributed by atoms with Crippen LogP contribution in [0.1, 0.15) is 35.6 Å². The molecule has 1 atom stereocenters. The van der Waals surface area contributed by atoms with Crippen molar-refractivity contribution in [2.75, 3.05) is 0 Å². The van der Waals surface area contributed by atoms with Crippen LogP contribution in [0, 0.1) is 11.3 Å². The Kier molecular flexibility index (Phi) is 6.81. The molecule has 2 aromatic carbocycles. The molecule has 0 saturated carbocycles. The van der Waals surface area contributed by atoms with Crippen LogP contribution in [-0.2, 0) is 13.2 Å². The van der Waals surface area contributed by atoms with E-state index in [4.69, 9.17) is 5.26 Å². The van der Waals surface area contributed by atoms with Gasteiger partial charge in [-0.1, -0.05) is 54.6 Å². The minimum Gasteiger partial charge on any atom is -0.392 e. The third-order valence-corrected chi connectivity index (χ3v) is 3.78. The first-order chi connectivity index (χ1) is 11.7. The number of carbonyl (C=O) groups is 1. The molecule has 0 heterocycles. The van der Waals surface area contributed by atoms with Crippen molar-refractivity contribution in [3.05, 3.63) is 71.3 Å². The van der Waals surface area contributed by atoms with Gasteiger partial charge in [0, 0.05) is 13.0 Å². The summed E-state index contributed by atoms with van der Waals surface area (Å²) in [6.07, 6.45) is 0.925. The van der Waals surface area contributed by atoms with E-state index in [-0.39, 0.29) is 18.7 Å². The highest BCUT2D eigenvalue weighted by Crippen LogP contribution is 2.18. The molecular weight excluding hydrogens is 302 g/mol. The molecule has 0 radical (unpaired) electrons. The summed E-state index contributed by atoms with van der Waals surface area (Å²) in [5.74, 6) is 0. The summed E-state index contributed by atoms with van der Waals surface area (Å²) in [6, 6.07) is 18.6.